The molecule has 0 bridgehead atoms. The maximum absolute atomic E-state index is 13.0. The van der Waals surface area contributed by atoms with Gasteiger partial charge in [-0.05, 0) is 24.5 Å². The summed E-state index contributed by atoms with van der Waals surface area (Å²) in [7, 11) is 0. The van der Waals surface area contributed by atoms with E-state index in [1.54, 1.807) is 12.1 Å². The van der Waals surface area contributed by atoms with Crippen LogP contribution in [-0.4, -0.2) is 22.8 Å². The first-order valence-electron chi connectivity index (χ1n) is 9.09. The van der Waals surface area contributed by atoms with E-state index in [4.69, 9.17) is 0 Å². The van der Waals surface area contributed by atoms with Crippen LogP contribution in [0.2, 0.25) is 0 Å². The highest BCUT2D eigenvalue weighted by Crippen LogP contribution is 2.36. The lowest BCUT2D eigenvalue weighted by atomic mass is 10.0. The molecule has 0 aliphatic rings. The van der Waals surface area contributed by atoms with Crippen molar-refractivity contribution in [2.75, 3.05) is 11.9 Å². The monoisotopic (exact) mass is 421 g/mol. The molecule has 0 aliphatic carbocycles. The van der Waals surface area contributed by atoms with Gasteiger partial charge >= 0.3 is 12.4 Å². The van der Waals surface area contributed by atoms with Crippen molar-refractivity contribution >= 4 is 11.6 Å². The maximum Gasteiger partial charge on any atom is 0.423 e. The van der Waals surface area contributed by atoms with E-state index in [1.165, 1.54) is 0 Å². The summed E-state index contributed by atoms with van der Waals surface area (Å²) in [5, 5.41) is 2.78. The number of aryl methyl sites for hydroxylation is 1. The van der Waals surface area contributed by atoms with E-state index < -0.39 is 30.4 Å². The van der Waals surface area contributed by atoms with E-state index in [0.717, 1.165) is 37.7 Å². The van der Waals surface area contributed by atoms with Gasteiger partial charge in [-0.1, -0.05) is 44.4 Å². The summed E-state index contributed by atoms with van der Waals surface area (Å²) in [6, 6.07) is 7.11. The lowest BCUT2D eigenvalue weighted by Gasteiger charge is -2.16. The summed E-state index contributed by atoms with van der Waals surface area (Å²) >= 11 is 0. The second kappa shape index (κ2) is 9.80. The Labute approximate surface area is 164 Å². The number of para-hydroxylation sites is 1. The van der Waals surface area contributed by atoms with E-state index in [-0.39, 0.29) is 5.95 Å². The Morgan fingerprint density at radius 3 is 2.38 bits per heavy atom. The van der Waals surface area contributed by atoms with E-state index >= 15 is 0 Å². The minimum absolute atomic E-state index is 0.281. The van der Waals surface area contributed by atoms with Crippen molar-refractivity contribution in [2.45, 2.75) is 51.4 Å². The lowest BCUT2D eigenvalue weighted by molar-refractivity contribution is -0.159. The van der Waals surface area contributed by atoms with Gasteiger partial charge in [-0.25, -0.2) is 4.98 Å². The van der Waals surface area contributed by atoms with Crippen molar-refractivity contribution in [1.29, 1.82) is 0 Å². The van der Waals surface area contributed by atoms with Gasteiger partial charge in [0, 0.05) is 11.9 Å². The van der Waals surface area contributed by atoms with Crippen molar-refractivity contribution in [3.63, 3.8) is 0 Å². The number of ether oxygens (including phenoxy) is 1. The van der Waals surface area contributed by atoms with Crippen molar-refractivity contribution in [3.05, 3.63) is 41.6 Å². The normalized spacial score (nSPS) is 12.1. The molecule has 4 nitrogen and oxygen atoms in total. The molecule has 1 N–H and O–H groups in total. The van der Waals surface area contributed by atoms with Crippen LogP contribution in [0.3, 0.4) is 0 Å². The van der Waals surface area contributed by atoms with Gasteiger partial charge in [0.1, 0.15) is 5.56 Å². The van der Waals surface area contributed by atoms with Crippen molar-refractivity contribution in [3.8, 4) is 5.88 Å². The predicted octanol–water partition coefficient (Wildman–Crippen LogP) is 6.30. The fraction of sp³-hybridized carbons (Fsp3) is 0.474. The molecule has 1 heterocycles. The fourth-order valence-electron chi connectivity index (χ4n) is 2.60. The maximum atomic E-state index is 13.0. The highest BCUT2D eigenvalue weighted by Gasteiger charge is 2.38. The molecular formula is C19H21F6N3O. The summed E-state index contributed by atoms with van der Waals surface area (Å²) < 4.78 is 80.5. The predicted molar refractivity (Wildman–Crippen MR) is 96.2 cm³/mol. The molecule has 1 aromatic heterocycles. The number of anilines is 2. The van der Waals surface area contributed by atoms with Gasteiger partial charge in [-0.15, -0.1) is 0 Å². The topological polar surface area (TPSA) is 47.0 Å². The van der Waals surface area contributed by atoms with E-state index in [2.05, 4.69) is 26.9 Å². The quantitative estimate of drug-likeness (QED) is 0.381. The van der Waals surface area contributed by atoms with Crippen LogP contribution in [0, 0.1) is 0 Å². The molecule has 0 saturated heterocycles. The number of rotatable bonds is 9. The number of halogens is 6. The zero-order chi connectivity index (χ0) is 21.5. The van der Waals surface area contributed by atoms with Gasteiger partial charge in [-0.2, -0.15) is 31.3 Å². The standard InChI is InChI=1S/C19H21F6N3O/c1-2-3-4-5-8-13-9-6-7-10-15(13)27-17-26-11-14(19(23,24)25)16(28-17)29-12-18(20,21)22/h6-7,9-11H,2-5,8,12H2,1H3,(H,26,27,28). The Hall–Kier alpha value is -2.52. The number of nitrogens with zero attached hydrogens (tertiary/aromatic N) is 2. The molecular weight excluding hydrogens is 400 g/mol. The molecule has 0 atom stereocenters. The zero-order valence-electron chi connectivity index (χ0n) is 15.7. The summed E-state index contributed by atoms with van der Waals surface area (Å²) in [6.45, 7) is 0.205. The van der Waals surface area contributed by atoms with Crippen LogP contribution in [0.5, 0.6) is 5.88 Å². The molecule has 160 valence electrons. The highest BCUT2D eigenvalue weighted by molar-refractivity contribution is 5.59. The van der Waals surface area contributed by atoms with Crippen LogP contribution in [0.1, 0.15) is 43.7 Å². The minimum Gasteiger partial charge on any atom is -0.467 e. The fourth-order valence-corrected chi connectivity index (χ4v) is 2.60. The zero-order valence-corrected chi connectivity index (χ0v) is 15.7. The van der Waals surface area contributed by atoms with Gasteiger partial charge in [-0.3, -0.25) is 0 Å². The van der Waals surface area contributed by atoms with Crippen LogP contribution in [0.25, 0.3) is 0 Å². The van der Waals surface area contributed by atoms with Gasteiger partial charge in [0.05, 0.1) is 0 Å². The molecule has 0 fully saturated rings. The molecule has 0 radical (unpaired) electrons. The van der Waals surface area contributed by atoms with Crippen LogP contribution in [0.4, 0.5) is 38.0 Å². The number of nitrogens with one attached hydrogen (secondary N) is 1. The van der Waals surface area contributed by atoms with Gasteiger partial charge < -0.3 is 10.1 Å². The Morgan fingerprint density at radius 1 is 1.00 bits per heavy atom. The molecule has 0 spiro atoms. The summed E-state index contributed by atoms with van der Waals surface area (Å²) in [5.74, 6) is -1.45. The molecule has 2 rings (SSSR count). The Balaban J connectivity index is 2.23. The Morgan fingerprint density at radius 2 is 1.72 bits per heavy atom. The molecule has 2 aromatic rings. The van der Waals surface area contributed by atoms with Gasteiger partial charge in [0.25, 0.3) is 0 Å². The summed E-state index contributed by atoms with van der Waals surface area (Å²) in [6.07, 6.45) is -4.45. The number of benzene rings is 1. The van der Waals surface area contributed by atoms with Gasteiger partial charge in [0.15, 0.2) is 6.61 Å². The van der Waals surface area contributed by atoms with E-state index in [1.807, 2.05) is 12.1 Å². The second-order valence-electron chi connectivity index (χ2n) is 6.41. The first-order valence-corrected chi connectivity index (χ1v) is 9.09. The number of aromatic nitrogens is 2. The van der Waals surface area contributed by atoms with Gasteiger partial charge in [0.2, 0.25) is 11.8 Å². The molecule has 29 heavy (non-hydrogen) atoms. The van der Waals surface area contributed by atoms with Crippen LogP contribution in [0.15, 0.2) is 30.5 Å². The Kier molecular flexibility index (Phi) is 7.69. The lowest BCUT2D eigenvalue weighted by Crippen LogP contribution is -2.22. The molecule has 10 heteroatoms. The largest absolute Gasteiger partial charge is 0.467 e. The van der Waals surface area contributed by atoms with Crippen molar-refractivity contribution < 1.29 is 31.1 Å². The van der Waals surface area contributed by atoms with Crippen molar-refractivity contribution in [2.24, 2.45) is 0 Å². The van der Waals surface area contributed by atoms with E-state index in [0.29, 0.717) is 11.9 Å². The second-order valence-corrected chi connectivity index (χ2v) is 6.41. The SMILES string of the molecule is CCCCCCc1ccccc1Nc1ncc(C(F)(F)F)c(OCC(F)(F)F)n1. The third-order valence-electron chi connectivity index (χ3n) is 4.00. The molecule has 0 amide bonds. The highest BCUT2D eigenvalue weighted by atomic mass is 19.4. The number of unbranched alkanes of at least 4 members (excludes halogenated alkanes) is 3. The van der Waals surface area contributed by atoms with Crippen LogP contribution in [-0.2, 0) is 12.6 Å². The number of hydrogen-bond acceptors (Lipinski definition) is 4. The third kappa shape index (κ3) is 7.43. The number of hydrogen-bond donors (Lipinski definition) is 1. The number of alkyl halides is 6. The summed E-state index contributed by atoms with van der Waals surface area (Å²) in [5.41, 5.74) is 0.00976. The molecule has 1 aromatic carbocycles. The minimum atomic E-state index is -4.95. The average Bonchev–Trinajstić information content (AvgIpc) is 2.63. The molecule has 0 saturated carbocycles. The smallest absolute Gasteiger partial charge is 0.423 e. The van der Waals surface area contributed by atoms with Crippen molar-refractivity contribution in [1.82, 2.24) is 9.97 Å². The molecule has 0 unspecified atom stereocenters. The first-order chi connectivity index (χ1) is 13.6. The third-order valence-corrected chi connectivity index (χ3v) is 4.00. The average molecular weight is 421 g/mol. The van der Waals surface area contributed by atoms with E-state index in [9.17, 15) is 26.3 Å². The van der Waals surface area contributed by atoms with Crippen LogP contribution >= 0.6 is 0 Å². The van der Waals surface area contributed by atoms with Crippen LogP contribution < -0.4 is 10.1 Å². The summed E-state index contributed by atoms with van der Waals surface area (Å²) in [4.78, 5) is 7.12. The first kappa shape index (κ1) is 22.8. The Bertz CT molecular complexity index is 792. The molecule has 0 aliphatic heterocycles.